The lowest BCUT2D eigenvalue weighted by Crippen LogP contribution is -2.43. The van der Waals surface area contributed by atoms with Gasteiger partial charge in [-0.15, -0.1) is 11.3 Å². The van der Waals surface area contributed by atoms with Gasteiger partial charge in [-0.1, -0.05) is 12.1 Å². The lowest BCUT2D eigenvalue weighted by atomic mass is 10.1. The smallest absolute Gasteiger partial charge is 0.326 e. The zero-order chi connectivity index (χ0) is 19.8. The van der Waals surface area contributed by atoms with Crippen LogP contribution in [-0.4, -0.2) is 20.8 Å². The summed E-state index contributed by atoms with van der Waals surface area (Å²) in [6.45, 7) is 5.06. The number of hydrogen-bond acceptors (Lipinski definition) is 4. The fraction of sp³-hybridized carbons (Fsp3) is 0.353. The van der Waals surface area contributed by atoms with Gasteiger partial charge in [0.15, 0.2) is 5.69 Å². The standard InChI is InChI=1S/C17H18F3N5OS/c1-4-25-13(17(18,19)20)11(9-21-25)23-15(26)24-16(2,3)14-22-10-7-5-6-8-12(10)27-14/h5-9H,4H2,1-3H3,(H2,23,24,26). The zero-order valence-electron chi connectivity index (χ0n) is 14.9. The third-order valence-electron chi connectivity index (χ3n) is 3.91. The minimum Gasteiger partial charge on any atom is -0.326 e. The van der Waals surface area contributed by atoms with Crippen LogP contribution in [0.1, 0.15) is 31.5 Å². The highest BCUT2D eigenvalue weighted by molar-refractivity contribution is 7.18. The topological polar surface area (TPSA) is 71.8 Å². The summed E-state index contributed by atoms with van der Waals surface area (Å²) in [7, 11) is 0. The van der Waals surface area contributed by atoms with Gasteiger partial charge in [0, 0.05) is 6.54 Å². The van der Waals surface area contributed by atoms with E-state index in [9.17, 15) is 18.0 Å². The van der Waals surface area contributed by atoms with Crippen molar-refractivity contribution in [3.63, 3.8) is 0 Å². The number of urea groups is 1. The lowest BCUT2D eigenvalue weighted by molar-refractivity contribution is -0.143. The second-order valence-corrected chi connectivity index (χ2v) is 7.44. The lowest BCUT2D eigenvalue weighted by Gasteiger charge is -2.24. The number of aromatic nitrogens is 3. The molecule has 0 spiro atoms. The fourth-order valence-electron chi connectivity index (χ4n) is 2.65. The van der Waals surface area contributed by atoms with Gasteiger partial charge >= 0.3 is 12.2 Å². The molecule has 3 rings (SSSR count). The molecule has 0 atom stereocenters. The molecule has 2 amide bonds. The number of carbonyl (C=O) groups excluding carboxylic acids is 1. The average Bonchev–Trinajstić information content (AvgIpc) is 3.17. The third kappa shape index (κ3) is 3.90. The van der Waals surface area contributed by atoms with E-state index >= 15 is 0 Å². The molecule has 0 saturated carbocycles. The zero-order valence-corrected chi connectivity index (χ0v) is 15.7. The van der Waals surface area contributed by atoms with Crippen molar-refractivity contribution in [3.05, 3.63) is 41.2 Å². The van der Waals surface area contributed by atoms with Crippen molar-refractivity contribution >= 4 is 33.3 Å². The van der Waals surface area contributed by atoms with Crippen LogP contribution in [0.5, 0.6) is 0 Å². The summed E-state index contributed by atoms with van der Waals surface area (Å²) in [6, 6.07) is 6.77. The first-order valence-corrected chi connectivity index (χ1v) is 9.01. The Morgan fingerprint density at radius 3 is 2.59 bits per heavy atom. The number of benzene rings is 1. The van der Waals surface area contributed by atoms with Crippen molar-refractivity contribution in [2.24, 2.45) is 0 Å². The SMILES string of the molecule is CCn1ncc(NC(=O)NC(C)(C)c2nc3ccccc3s2)c1C(F)(F)F. The maximum absolute atomic E-state index is 13.3. The summed E-state index contributed by atoms with van der Waals surface area (Å²) in [5.74, 6) is 0. The molecule has 2 aromatic heterocycles. The van der Waals surface area contributed by atoms with E-state index in [-0.39, 0.29) is 12.2 Å². The highest BCUT2D eigenvalue weighted by atomic mass is 32.1. The largest absolute Gasteiger partial charge is 0.435 e. The Kier molecular flexibility index (Phi) is 4.85. The summed E-state index contributed by atoms with van der Waals surface area (Å²) < 4.78 is 41.5. The molecular weight excluding hydrogens is 379 g/mol. The number of anilines is 1. The molecule has 3 aromatic rings. The first-order valence-electron chi connectivity index (χ1n) is 8.20. The Balaban J connectivity index is 1.80. The molecule has 0 saturated heterocycles. The van der Waals surface area contributed by atoms with E-state index in [0.29, 0.717) is 5.01 Å². The molecule has 27 heavy (non-hydrogen) atoms. The Morgan fingerprint density at radius 2 is 1.96 bits per heavy atom. The minimum atomic E-state index is -4.63. The normalized spacial score (nSPS) is 12.4. The Morgan fingerprint density at radius 1 is 1.26 bits per heavy atom. The van der Waals surface area contributed by atoms with E-state index in [1.807, 2.05) is 24.3 Å². The molecule has 0 unspecified atom stereocenters. The maximum atomic E-state index is 13.3. The monoisotopic (exact) mass is 397 g/mol. The van der Waals surface area contributed by atoms with Crippen LogP contribution in [0.3, 0.4) is 0 Å². The van der Waals surface area contributed by atoms with Gasteiger partial charge in [0.25, 0.3) is 0 Å². The van der Waals surface area contributed by atoms with Gasteiger partial charge in [-0.05, 0) is 32.9 Å². The molecule has 0 aliphatic rings. The van der Waals surface area contributed by atoms with Gasteiger partial charge < -0.3 is 10.6 Å². The number of nitrogens with zero attached hydrogens (tertiary/aromatic N) is 3. The molecule has 6 nitrogen and oxygen atoms in total. The van der Waals surface area contributed by atoms with Crippen LogP contribution in [0.25, 0.3) is 10.2 Å². The first kappa shape index (κ1) is 19.2. The van der Waals surface area contributed by atoms with Crippen molar-refractivity contribution < 1.29 is 18.0 Å². The number of carbonyl (C=O) groups is 1. The molecule has 2 heterocycles. The van der Waals surface area contributed by atoms with Gasteiger partial charge in [0.05, 0.1) is 27.6 Å². The molecule has 144 valence electrons. The predicted molar refractivity (Wildman–Crippen MR) is 97.7 cm³/mol. The molecule has 0 bridgehead atoms. The van der Waals surface area contributed by atoms with Gasteiger partial charge in [0.2, 0.25) is 0 Å². The van der Waals surface area contributed by atoms with Gasteiger partial charge in [0.1, 0.15) is 5.01 Å². The number of fused-ring (bicyclic) bond motifs is 1. The maximum Gasteiger partial charge on any atom is 0.435 e. The summed E-state index contributed by atoms with van der Waals surface area (Å²) in [4.78, 5) is 16.8. The average molecular weight is 397 g/mol. The van der Waals surface area contributed by atoms with Crippen molar-refractivity contribution in [1.29, 1.82) is 0 Å². The van der Waals surface area contributed by atoms with Crippen LogP contribution in [0.4, 0.5) is 23.7 Å². The second kappa shape index (κ2) is 6.84. The van der Waals surface area contributed by atoms with Crippen LogP contribution in [0.15, 0.2) is 30.5 Å². The Bertz CT molecular complexity index is 944. The Labute approximate surface area is 157 Å². The van der Waals surface area contributed by atoms with E-state index in [2.05, 4.69) is 20.7 Å². The number of alkyl halides is 3. The molecule has 0 radical (unpaired) electrons. The van der Waals surface area contributed by atoms with E-state index in [1.165, 1.54) is 11.3 Å². The van der Waals surface area contributed by atoms with Gasteiger partial charge in [-0.2, -0.15) is 18.3 Å². The van der Waals surface area contributed by atoms with Gasteiger partial charge in [-0.25, -0.2) is 9.78 Å². The number of halogens is 3. The number of rotatable bonds is 4. The molecule has 0 aliphatic carbocycles. The molecule has 0 fully saturated rings. The molecule has 0 aliphatic heterocycles. The number of amides is 2. The molecular formula is C17H18F3N5OS. The highest BCUT2D eigenvalue weighted by Gasteiger charge is 2.39. The van der Waals surface area contributed by atoms with E-state index in [1.54, 1.807) is 20.8 Å². The summed E-state index contributed by atoms with van der Waals surface area (Å²) in [6.07, 6.45) is -3.63. The van der Waals surface area contributed by atoms with Crippen LogP contribution < -0.4 is 10.6 Å². The predicted octanol–water partition coefficient (Wildman–Crippen LogP) is 4.59. The number of hydrogen-bond donors (Lipinski definition) is 2. The van der Waals surface area contributed by atoms with Crippen molar-refractivity contribution in [2.75, 3.05) is 5.32 Å². The summed E-state index contributed by atoms with van der Waals surface area (Å²) >= 11 is 1.42. The van der Waals surface area contributed by atoms with E-state index in [0.717, 1.165) is 21.1 Å². The van der Waals surface area contributed by atoms with Crippen LogP contribution in [-0.2, 0) is 18.3 Å². The summed E-state index contributed by atoms with van der Waals surface area (Å²) in [5.41, 5.74) is -1.44. The van der Waals surface area contributed by atoms with Crippen molar-refractivity contribution in [3.8, 4) is 0 Å². The Hall–Kier alpha value is -2.62. The molecule has 2 N–H and O–H groups in total. The first-order chi connectivity index (χ1) is 12.6. The molecule has 1 aromatic carbocycles. The number of para-hydroxylation sites is 1. The highest BCUT2D eigenvalue weighted by Crippen LogP contribution is 2.35. The molecule has 10 heteroatoms. The fourth-order valence-corrected chi connectivity index (χ4v) is 3.67. The van der Waals surface area contributed by atoms with Crippen LogP contribution in [0.2, 0.25) is 0 Å². The number of aryl methyl sites for hydroxylation is 1. The second-order valence-electron chi connectivity index (χ2n) is 6.41. The van der Waals surface area contributed by atoms with Crippen molar-refractivity contribution in [2.45, 2.75) is 39.0 Å². The third-order valence-corrected chi connectivity index (χ3v) is 5.27. The van der Waals surface area contributed by atoms with Gasteiger partial charge in [-0.3, -0.25) is 4.68 Å². The van der Waals surface area contributed by atoms with E-state index in [4.69, 9.17) is 0 Å². The van der Waals surface area contributed by atoms with Crippen LogP contribution >= 0.6 is 11.3 Å². The number of nitrogens with one attached hydrogen (secondary N) is 2. The van der Waals surface area contributed by atoms with Crippen LogP contribution in [0, 0.1) is 0 Å². The minimum absolute atomic E-state index is 0.0370. The summed E-state index contributed by atoms with van der Waals surface area (Å²) in [5, 5.41) is 9.27. The number of thiazole rings is 1. The quantitative estimate of drug-likeness (QED) is 0.676. The van der Waals surface area contributed by atoms with Crippen molar-refractivity contribution in [1.82, 2.24) is 20.1 Å². The van der Waals surface area contributed by atoms with E-state index < -0.39 is 23.4 Å².